The topological polar surface area (TPSA) is 26.3 Å². The molecule has 33 heavy (non-hydrogen) atoms. The molecule has 2 nitrogen and oxygen atoms in total. The van der Waals surface area contributed by atoms with Gasteiger partial charge >= 0.3 is 5.97 Å². The minimum atomic E-state index is -1.51. The number of hydrogen-bond donors (Lipinski definition) is 0. The first-order valence-electron chi connectivity index (χ1n) is 12.2. The van der Waals surface area contributed by atoms with Crippen molar-refractivity contribution < 1.29 is 9.53 Å². The van der Waals surface area contributed by atoms with Crippen molar-refractivity contribution in [1.29, 1.82) is 0 Å². The van der Waals surface area contributed by atoms with Crippen LogP contribution in [-0.2, 0) is 9.53 Å². The van der Waals surface area contributed by atoms with Crippen LogP contribution in [0, 0.1) is 11.8 Å². The Morgan fingerprint density at radius 2 is 1.24 bits per heavy atom. The number of ether oxygens (including phenoxy) is 1. The van der Waals surface area contributed by atoms with Crippen molar-refractivity contribution in [2.75, 3.05) is 0 Å². The van der Waals surface area contributed by atoms with Crippen LogP contribution in [0.2, 0.25) is 0 Å². The predicted molar refractivity (Wildman–Crippen MR) is 144 cm³/mol. The van der Waals surface area contributed by atoms with E-state index >= 15 is 0 Å². The Bertz CT molecular complexity index is 709. The molecule has 190 valence electrons. The van der Waals surface area contributed by atoms with Crippen LogP contribution in [0.15, 0.2) is 22.9 Å². The van der Waals surface area contributed by atoms with E-state index in [9.17, 15) is 4.79 Å². The Labute approximate surface area is 229 Å². The molecule has 0 aromatic heterocycles. The monoisotopic (exact) mass is 578 g/mol. The number of carbonyl (C=O) groups excluding carboxylic acids is 1. The average Bonchev–Trinajstić information content (AvgIpc) is 2.96. The van der Waals surface area contributed by atoms with Gasteiger partial charge in [0.25, 0.3) is 0 Å². The highest BCUT2D eigenvalue weighted by Gasteiger charge is 2.81. The molecule has 1 saturated carbocycles. The van der Waals surface area contributed by atoms with Crippen molar-refractivity contribution in [3.8, 4) is 0 Å². The van der Waals surface area contributed by atoms with Gasteiger partial charge in [0.2, 0.25) is 0 Å². The number of unbranched alkanes of at least 4 members (excludes halogenated alkanes) is 9. The van der Waals surface area contributed by atoms with Crippen LogP contribution in [0.25, 0.3) is 0 Å². The van der Waals surface area contributed by atoms with Gasteiger partial charge in [0.1, 0.15) is 9.75 Å². The maximum Gasteiger partial charge on any atom is 0.310 e. The van der Waals surface area contributed by atoms with Gasteiger partial charge < -0.3 is 4.74 Å². The van der Waals surface area contributed by atoms with Crippen LogP contribution >= 0.6 is 69.6 Å². The Balaban J connectivity index is 1.98. The highest BCUT2D eigenvalue weighted by molar-refractivity contribution is 6.65. The van der Waals surface area contributed by atoms with Gasteiger partial charge in [0.05, 0.1) is 16.3 Å². The number of esters is 1. The normalized spacial score (nSPS) is 30.2. The van der Waals surface area contributed by atoms with Crippen molar-refractivity contribution in [2.24, 2.45) is 11.8 Å². The van der Waals surface area contributed by atoms with E-state index in [1.807, 2.05) is 0 Å². The first-order chi connectivity index (χ1) is 15.6. The molecule has 0 aromatic carbocycles. The van der Waals surface area contributed by atoms with E-state index in [1.54, 1.807) is 0 Å². The molecule has 2 rings (SSSR count). The Morgan fingerprint density at radius 1 is 0.818 bits per heavy atom. The zero-order valence-corrected chi connectivity index (χ0v) is 24.0. The molecule has 0 N–H and O–H groups in total. The Morgan fingerprint density at radius 3 is 1.70 bits per heavy atom. The highest BCUT2D eigenvalue weighted by atomic mass is 35.5. The fourth-order valence-electron chi connectivity index (χ4n) is 5.47. The second kappa shape index (κ2) is 13.3. The summed E-state index contributed by atoms with van der Waals surface area (Å²) in [5.74, 6) is -0.527. The van der Waals surface area contributed by atoms with Crippen molar-refractivity contribution in [2.45, 2.75) is 111 Å². The van der Waals surface area contributed by atoms with Gasteiger partial charge in [0, 0.05) is 6.42 Å². The molecular formula is C25H36Cl6O2. The summed E-state index contributed by atoms with van der Waals surface area (Å²) in [7, 11) is 0. The van der Waals surface area contributed by atoms with Crippen LogP contribution in [-0.4, -0.2) is 20.1 Å². The fourth-order valence-corrected chi connectivity index (χ4v) is 8.61. The van der Waals surface area contributed by atoms with Crippen molar-refractivity contribution in [3.63, 3.8) is 0 Å². The molecule has 0 aliphatic heterocycles. The maximum absolute atomic E-state index is 11.6. The number of fused-ring (bicyclic) bond motifs is 2. The van der Waals surface area contributed by atoms with E-state index in [4.69, 9.17) is 74.3 Å². The molecular weight excluding hydrogens is 545 g/mol. The van der Waals surface area contributed by atoms with Gasteiger partial charge in [-0.3, -0.25) is 4.79 Å². The highest BCUT2D eigenvalue weighted by Crippen LogP contribution is 2.77. The molecule has 8 heteroatoms. The molecule has 0 heterocycles. The zero-order chi connectivity index (χ0) is 24.7. The van der Waals surface area contributed by atoms with E-state index in [0.29, 0.717) is 19.3 Å². The summed E-state index contributed by atoms with van der Waals surface area (Å²) < 4.78 is 3.28. The molecule has 2 bridgehead atoms. The summed E-state index contributed by atoms with van der Waals surface area (Å²) in [4.78, 5) is 9.18. The second-order valence-electron chi connectivity index (χ2n) is 9.36. The summed E-state index contributed by atoms with van der Waals surface area (Å²) in [6, 6.07) is 0. The fraction of sp³-hybridized carbons (Fsp3) is 0.800. The lowest BCUT2D eigenvalue weighted by Gasteiger charge is -2.37. The summed E-state index contributed by atoms with van der Waals surface area (Å²) in [6.07, 6.45) is 15.5. The number of alkyl halides is 4. The third-order valence-corrected chi connectivity index (χ3v) is 11.6. The number of rotatable bonds is 16. The molecule has 4 unspecified atom stereocenters. The molecule has 1 fully saturated rings. The Kier molecular flexibility index (Phi) is 12.1. The minimum Gasteiger partial charge on any atom is -0.435 e. The van der Waals surface area contributed by atoms with Crippen molar-refractivity contribution in [3.05, 3.63) is 22.9 Å². The first-order valence-corrected chi connectivity index (χ1v) is 14.5. The van der Waals surface area contributed by atoms with Gasteiger partial charge in [-0.2, -0.15) is 0 Å². The standard InChI is InChI=1S/C25H36Cl6O2/c1-3-5-6-7-8-9-10-11-12-15-18-19(16-13-14-17-20(32)33-4-2)24(29)22(27)21(26)23(18,28)25(24,30)31/h4,18-19H,2-3,5-17H2,1H3. The third kappa shape index (κ3) is 5.99. The molecule has 2 aliphatic rings. The lowest BCUT2D eigenvalue weighted by molar-refractivity contribution is -0.138. The van der Waals surface area contributed by atoms with E-state index in [0.717, 1.165) is 31.9 Å². The summed E-state index contributed by atoms with van der Waals surface area (Å²) in [6.45, 7) is 5.64. The van der Waals surface area contributed by atoms with Crippen LogP contribution in [0.4, 0.5) is 0 Å². The third-order valence-electron chi connectivity index (χ3n) is 7.23. The van der Waals surface area contributed by atoms with E-state index in [1.165, 1.54) is 44.9 Å². The van der Waals surface area contributed by atoms with Crippen molar-refractivity contribution >= 4 is 75.6 Å². The van der Waals surface area contributed by atoms with Gasteiger partial charge in [0.15, 0.2) is 4.33 Å². The van der Waals surface area contributed by atoms with Crippen molar-refractivity contribution in [1.82, 2.24) is 0 Å². The SMILES string of the molecule is C=COC(=O)CCCCC1C(CCCCCCCCCCC)C2(Cl)C(Cl)=C(Cl)C1(Cl)C2(Cl)Cl. The van der Waals surface area contributed by atoms with E-state index < -0.39 is 14.1 Å². The first kappa shape index (κ1) is 29.9. The summed E-state index contributed by atoms with van der Waals surface area (Å²) in [5, 5.41) is 0.530. The van der Waals surface area contributed by atoms with Gasteiger partial charge in [-0.1, -0.05) is 124 Å². The van der Waals surface area contributed by atoms with Crippen LogP contribution < -0.4 is 0 Å². The zero-order valence-electron chi connectivity index (χ0n) is 19.4. The van der Waals surface area contributed by atoms with Crippen LogP contribution in [0.1, 0.15) is 96.8 Å². The predicted octanol–water partition coefficient (Wildman–Crippen LogP) is 10.2. The summed E-state index contributed by atoms with van der Waals surface area (Å²) in [5.41, 5.74) is 0. The van der Waals surface area contributed by atoms with Gasteiger partial charge in [-0.25, -0.2) is 0 Å². The van der Waals surface area contributed by atoms with Crippen LogP contribution in [0.3, 0.4) is 0 Å². The number of hydrogen-bond acceptors (Lipinski definition) is 2. The second-order valence-corrected chi connectivity index (χ2v) is 12.6. The van der Waals surface area contributed by atoms with Crippen LogP contribution in [0.5, 0.6) is 0 Å². The average molecular weight is 581 g/mol. The van der Waals surface area contributed by atoms with Gasteiger partial charge in [-0.05, 0) is 31.1 Å². The van der Waals surface area contributed by atoms with E-state index in [-0.39, 0.29) is 27.9 Å². The maximum atomic E-state index is 11.6. The van der Waals surface area contributed by atoms with E-state index in [2.05, 4.69) is 13.5 Å². The molecule has 2 aliphatic carbocycles. The molecule has 0 aromatic rings. The van der Waals surface area contributed by atoms with Gasteiger partial charge in [-0.15, -0.1) is 23.2 Å². The number of halogens is 6. The smallest absolute Gasteiger partial charge is 0.310 e. The lowest BCUT2D eigenvalue weighted by Crippen LogP contribution is -2.44. The lowest BCUT2D eigenvalue weighted by atomic mass is 9.76. The number of allylic oxidation sites excluding steroid dienone is 2. The minimum absolute atomic E-state index is 0.0913. The Hall–Kier alpha value is 0.690. The number of carbonyl (C=O) groups is 1. The molecule has 0 amide bonds. The molecule has 0 radical (unpaired) electrons. The largest absolute Gasteiger partial charge is 0.435 e. The molecule has 0 saturated heterocycles. The quantitative estimate of drug-likeness (QED) is 0.0785. The molecule has 0 spiro atoms. The molecule has 4 atom stereocenters. The summed E-state index contributed by atoms with van der Waals surface area (Å²) >= 11 is 41.0.